The highest BCUT2D eigenvalue weighted by Gasteiger charge is 2.16. The van der Waals surface area contributed by atoms with Gasteiger partial charge in [-0.25, -0.2) is 4.98 Å². The molecule has 1 aromatic heterocycles. The van der Waals surface area contributed by atoms with Gasteiger partial charge in [0.1, 0.15) is 6.61 Å². The number of aromatic nitrogens is 1. The summed E-state index contributed by atoms with van der Waals surface area (Å²) in [4.78, 5) is 14.9. The molecule has 0 N–H and O–H groups in total. The molecule has 18 heavy (non-hydrogen) atoms. The molecule has 0 aliphatic carbocycles. The zero-order valence-corrected chi connectivity index (χ0v) is 11.1. The lowest BCUT2D eigenvalue weighted by Crippen LogP contribution is -1.97. The van der Waals surface area contributed by atoms with Crippen LogP contribution in [0.1, 0.15) is 4.88 Å². The van der Waals surface area contributed by atoms with Crippen LogP contribution >= 0.6 is 34.5 Å². The molecule has 8 heteroatoms. The van der Waals surface area contributed by atoms with Crippen molar-refractivity contribution in [1.29, 1.82) is 0 Å². The fraction of sp³-hybridized carbons (Fsp3) is 0.100. The quantitative estimate of drug-likeness (QED) is 0.634. The van der Waals surface area contributed by atoms with E-state index in [0.717, 1.165) is 4.88 Å². The van der Waals surface area contributed by atoms with Crippen LogP contribution in [-0.4, -0.2) is 9.91 Å². The Morgan fingerprint density at radius 2 is 2.22 bits per heavy atom. The lowest BCUT2D eigenvalue weighted by atomic mass is 10.3. The number of nitro benzene ring substituents is 1. The average molecular weight is 305 g/mol. The Hall–Kier alpha value is -1.37. The van der Waals surface area contributed by atoms with E-state index in [9.17, 15) is 10.1 Å². The number of nitrogens with zero attached hydrogens (tertiary/aromatic N) is 2. The van der Waals surface area contributed by atoms with Gasteiger partial charge < -0.3 is 4.74 Å². The standard InChI is InChI=1S/C10H6Cl2N2O3S/c11-6-1-2-9(8(3-6)14(15)16)17-5-7-4-13-10(12)18-7/h1-4H,5H2. The number of rotatable bonds is 4. The number of nitro groups is 1. The molecule has 0 unspecified atom stereocenters. The highest BCUT2D eigenvalue weighted by molar-refractivity contribution is 7.15. The molecule has 0 radical (unpaired) electrons. The molecule has 2 aromatic rings. The van der Waals surface area contributed by atoms with Gasteiger partial charge in [0.2, 0.25) is 0 Å². The van der Waals surface area contributed by atoms with Crippen LogP contribution in [0.25, 0.3) is 0 Å². The van der Waals surface area contributed by atoms with Crippen molar-refractivity contribution in [2.75, 3.05) is 0 Å². The number of halogens is 2. The summed E-state index contributed by atoms with van der Waals surface area (Å²) in [6.07, 6.45) is 1.56. The Labute approximate surface area is 116 Å². The Morgan fingerprint density at radius 3 is 2.83 bits per heavy atom. The van der Waals surface area contributed by atoms with Crippen molar-refractivity contribution in [3.8, 4) is 5.75 Å². The zero-order valence-electron chi connectivity index (χ0n) is 8.80. The number of hydrogen-bond donors (Lipinski definition) is 0. The number of hydrogen-bond acceptors (Lipinski definition) is 5. The molecule has 0 bridgehead atoms. The van der Waals surface area contributed by atoms with Crippen LogP contribution in [0.15, 0.2) is 24.4 Å². The maximum Gasteiger partial charge on any atom is 0.312 e. The Bertz CT molecular complexity index is 588. The minimum atomic E-state index is -0.541. The van der Waals surface area contributed by atoms with Crippen LogP contribution < -0.4 is 4.74 Å². The van der Waals surface area contributed by atoms with Gasteiger partial charge in [0, 0.05) is 17.3 Å². The smallest absolute Gasteiger partial charge is 0.312 e. The summed E-state index contributed by atoms with van der Waals surface area (Å²) in [6, 6.07) is 4.24. The van der Waals surface area contributed by atoms with Crippen molar-refractivity contribution in [3.05, 3.63) is 48.9 Å². The summed E-state index contributed by atoms with van der Waals surface area (Å²) in [5.41, 5.74) is -0.168. The van der Waals surface area contributed by atoms with E-state index < -0.39 is 4.92 Å². The molecule has 0 atom stereocenters. The Kier molecular flexibility index (Phi) is 4.00. The van der Waals surface area contributed by atoms with Crippen LogP contribution in [0.2, 0.25) is 9.49 Å². The number of thiazole rings is 1. The van der Waals surface area contributed by atoms with Crippen molar-refractivity contribution < 1.29 is 9.66 Å². The molecule has 5 nitrogen and oxygen atoms in total. The van der Waals surface area contributed by atoms with Gasteiger partial charge in [-0.05, 0) is 12.1 Å². The normalized spacial score (nSPS) is 10.3. The first-order valence-corrected chi connectivity index (χ1v) is 6.30. The summed E-state index contributed by atoms with van der Waals surface area (Å²) in [6.45, 7) is 0.173. The van der Waals surface area contributed by atoms with Gasteiger partial charge in [0.25, 0.3) is 0 Å². The third-order valence-electron chi connectivity index (χ3n) is 2.01. The van der Waals surface area contributed by atoms with Crippen LogP contribution in [0.4, 0.5) is 5.69 Å². The molecule has 94 valence electrons. The van der Waals surface area contributed by atoms with E-state index in [4.69, 9.17) is 27.9 Å². The maximum absolute atomic E-state index is 10.8. The summed E-state index contributed by atoms with van der Waals surface area (Å²) in [7, 11) is 0. The van der Waals surface area contributed by atoms with Gasteiger partial charge in [0.15, 0.2) is 10.2 Å². The second kappa shape index (κ2) is 5.51. The third kappa shape index (κ3) is 3.10. The summed E-state index contributed by atoms with van der Waals surface area (Å²) in [5.74, 6) is 0.161. The van der Waals surface area contributed by atoms with Crippen LogP contribution in [-0.2, 0) is 6.61 Å². The lowest BCUT2D eigenvalue weighted by Gasteiger charge is -2.05. The number of ether oxygens (including phenoxy) is 1. The topological polar surface area (TPSA) is 65.3 Å². The molecule has 0 fully saturated rings. The second-order valence-electron chi connectivity index (χ2n) is 3.24. The maximum atomic E-state index is 10.8. The predicted octanol–water partition coefficient (Wildman–Crippen LogP) is 3.94. The first kappa shape index (κ1) is 13.1. The average Bonchev–Trinajstić information content (AvgIpc) is 2.73. The number of benzene rings is 1. The van der Waals surface area contributed by atoms with E-state index in [2.05, 4.69) is 4.98 Å². The molecule has 0 aliphatic heterocycles. The largest absolute Gasteiger partial charge is 0.481 e. The van der Waals surface area contributed by atoms with E-state index >= 15 is 0 Å². The Balaban J connectivity index is 2.16. The van der Waals surface area contributed by atoms with Gasteiger partial charge >= 0.3 is 5.69 Å². The molecule has 0 spiro atoms. The molecule has 1 heterocycles. The molecule has 0 amide bonds. The first-order chi connectivity index (χ1) is 8.56. The molecule has 0 aliphatic rings. The minimum Gasteiger partial charge on any atom is -0.481 e. The van der Waals surface area contributed by atoms with Gasteiger partial charge in [-0.15, -0.1) is 11.3 Å². The van der Waals surface area contributed by atoms with Crippen LogP contribution in [0, 0.1) is 10.1 Å². The highest BCUT2D eigenvalue weighted by Crippen LogP contribution is 2.31. The molecule has 0 saturated heterocycles. The highest BCUT2D eigenvalue weighted by atomic mass is 35.5. The van der Waals surface area contributed by atoms with E-state index in [0.29, 0.717) is 4.47 Å². The van der Waals surface area contributed by atoms with Gasteiger partial charge in [-0.3, -0.25) is 10.1 Å². The SMILES string of the molecule is O=[N+]([O-])c1cc(Cl)ccc1OCc1cnc(Cl)s1. The molecular formula is C10H6Cl2N2O3S. The predicted molar refractivity (Wildman–Crippen MR) is 69.6 cm³/mol. The van der Waals surface area contributed by atoms with Crippen molar-refractivity contribution in [1.82, 2.24) is 4.98 Å². The van der Waals surface area contributed by atoms with Crippen LogP contribution in [0.3, 0.4) is 0 Å². The second-order valence-corrected chi connectivity index (χ2v) is 5.37. The van der Waals surface area contributed by atoms with Crippen molar-refractivity contribution in [3.63, 3.8) is 0 Å². The zero-order chi connectivity index (χ0) is 13.1. The molecule has 1 aromatic carbocycles. The molecular weight excluding hydrogens is 299 g/mol. The van der Waals surface area contributed by atoms with E-state index in [-0.39, 0.29) is 23.1 Å². The van der Waals surface area contributed by atoms with Gasteiger partial charge in [-0.1, -0.05) is 23.2 Å². The van der Waals surface area contributed by atoms with Crippen molar-refractivity contribution >= 4 is 40.2 Å². The lowest BCUT2D eigenvalue weighted by molar-refractivity contribution is -0.385. The minimum absolute atomic E-state index is 0.161. The molecule has 2 rings (SSSR count). The summed E-state index contributed by atoms with van der Waals surface area (Å²) in [5, 5.41) is 11.1. The first-order valence-electron chi connectivity index (χ1n) is 4.73. The van der Waals surface area contributed by atoms with Crippen molar-refractivity contribution in [2.24, 2.45) is 0 Å². The Morgan fingerprint density at radius 1 is 1.44 bits per heavy atom. The summed E-state index contributed by atoms with van der Waals surface area (Å²) >= 11 is 12.6. The van der Waals surface area contributed by atoms with Gasteiger partial charge in [0.05, 0.1) is 9.80 Å². The van der Waals surface area contributed by atoms with Crippen molar-refractivity contribution in [2.45, 2.75) is 6.61 Å². The third-order valence-corrected chi connectivity index (χ3v) is 3.34. The van der Waals surface area contributed by atoms with E-state index in [1.807, 2.05) is 0 Å². The fourth-order valence-electron chi connectivity index (χ4n) is 1.25. The van der Waals surface area contributed by atoms with E-state index in [1.165, 1.54) is 29.5 Å². The monoisotopic (exact) mass is 304 g/mol. The van der Waals surface area contributed by atoms with Crippen LogP contribution in [0.5, 0.6) is 5.75 Å². The van der Waals surface area contributed by atoms with E-state index in [1.54, 1.807) is 6.20 Å². The summed E-state index contributed by atoms with van der Waals surface area (Å²) < 4.78 is 5.77. The molecule has 0 saturated carbocycles. The fourth-order valence-corrected chi connectivity index (χ4v) is 2.31. The van der Waals surface area contributed by atoms with Gasteiger partial charge in [-0.2, -0.15) is 0 Å².